The Labute approximate surface area is 200 Å². The Kier molecular flexibility index (Phi) is 7.79. The van der Waals surface area contributed by atoms with Crippen LogP contribution in [0.1, 0.15) is 31.2 Å². The van der Waals surface area contributed by atoms with Gasteiger partial charge in [-0.1, -0.05) is 37.6 Å². The molecule has 176 valence electrons. The Morgan fingerprint density at radius 3 is 2.62 bits per heavy atom. The van der Waals surface area contributed by atoms with Crippen LogP contribution in [0.3, 0.4) is 0 Å². The van der Waals surface area contributed by atoms with Crippen molar-refractivity contribution in [2.75, 3.05) is 44.9 Å². The molecule has 0 saturated carbocycles. The number of unbranched alkanes of at least 4 members (excludes halogenated alkanes) is 1. The van der Waals surface area contributed by atoms with Crippen molar-refractivity contribution >= 4 is 17.6 Å². The summed E-state index contributed by atoms with van der Waals surface area (Å²) in [5.74, 6) is 2.50. The average Bonchev–Trinajstić information content (AvgIpc) is 3.34. The molecule has 0 radical (unpaired) electrons. The molecule has 1 aliphatic rings. The SMILES string of the molecule is CCCCOc1ccc(/C=C(\C#N)c2nnc(N3CCOCC3)n2-c2ccccc2)cc1OC. The highest BCUT2D eigenvalue weighted by molar-refractivity contribution is 5.88. The van der Waals surface area contributed by atoms with E-state index >= 15 is 0 Å². The number of nitriles is 1. The zero-order chi connectivity index (χ0) is 23.8. The van der Waals surface area contributed by atoms with E-state index in [4.69, 9.17) is 14.2 Å². The first-order valence-electron chi connectivity index (χ1n) is 11.5. The van der Waals surface area contributed by atoms with Gasteiger partial charge in [-0.05, 0) is 42.3 Å². The average molecular weight is 460 g/mol. The predicted molar refractivity (Wildman–Crippen MR) is 131 cm³/mol. The second-order valence-electron chi connectivity index (χ2n) is 7.88. The molecule has 0 aliphatic carbocycles. The van der Waals surface area contributed by atoms with Crippen LogP contribution < -0.4 is 14.4 Å². The van der Waals surface area contributed by atoms with E-state index in [2.05, 4.69) is 28.1 Å². The lowest BCUT2D eigenvalue weighted by atomic mass is 10.1. The van der Waals surface area contributed by atoms with E-state index in [1.807, 2.05) is 53.1 Å². The molecule has 8 nitrogen and oxygen atoms in total. The number of ether oxygens (including phenoxy) is 3. The maximum atomic E-state index is 10.1. The molecule has 0 amide bonds. The lowest BCUT2D eigenvalue weighted by molar-refractivity contribution is 0.122. The van der Waals surface area contributed by atoms with Crippen LogP contribution in [0.2, 0.25) is 0 Å². The number of para-hydroxylation sites is 1. The van der Waals surface area contributed by atoms with Gasteiger partial charge in [0, 0.05) is 13.1 Å². The number of methoxy groups -OCH3 is 1. The van der Waals surface area contributed by atoms with Crippen molar-refractivity contribution in [1.82, 2.24) is 14.8 Å². The molecule has 0 N–H and O–H groups in total. The monoisotopic (exact) mass is 459 g/mol. The number of rotatable bonds is 9. The molecule has 0 unspecified atom stereocenters. The fourth-order valence-electron chi connectivity index (χ4n) is 3.77. The Morgan fingerprint density at radius 2 is 1.91 bits per heavy atom. The van der Waals surface area contributed by atoms with E-state index in [1.54, 1.807) is 13.2 Å². The minimum absolute atomic E-state index is 0.401. The third kappa shape index (κ3) is 5.21. The van der Waals surface area contributed by atoms with Crippen LogP contribution in [-0.2, 0) is 4.74 Å². The van der Waals surface area contributed by atoms with E-state index in [-0.39, 0.29) is 0 Å². The van der Waals surface area contributed by atoms with Gasteiger partial charge in [0.15, 0.2) is 17.3 Å². The van der Waals surface area contributed by atoms with E-state index in [0.717, 1.165) is 24.1 Å². The summed E-state index contributed by atoms with van der Waals surface area (Å²) in [5.41, 5.74) is 2.10. The van der Waals surface area contributed by atoms with Gasteiger partial charge in [0.05, 0.1) is 38.2 Å². The van der Waals surface area contributed by atoms with E-state index < -0.39 is 0 Å². The zero-order valence-electron chi connectivity index (χ0n) is 19.6. The minimum Gasteiger partial charge on any atom is -0.493 e. The Morgan fingerprint density at radius 1 is 1.12 bits per heavy atom. The quantitative estimate of drug-likeness (QED) is 0.347. The topological polar surface area (TPSA) is 85.4 Å². The lowest BCUT2D eigenvalue weighted by Gasteiger charge is -2.28. The van der Waals surface area contributed by atoms with Crippen molar-refractivity contribution < 1.29 is 14.2 Å². The molecule has 34 heavy (non-hydrogen) atoms. The van der Waals surface area contributed by atoms with Crippen LogP contribution in [0, 0.1) is 11.3 Å². The van der Waals surface area contributed by atoms with Gasteiger partial charge in [0.2, 0.25) is 5.95 Å². The van der Waals surface area contributed by atoms with Crippen molar-refractivity contribution in [2.24, 2.45) is 0 Å². The molecule has 0 spiro atoms. The fourth-order valence-corrected chi connectivity index (χ4v) is 3.77. The summed E-state index contributed by atoms with van der Waals surface area (Å²) in [6, 6.07) is 17.8. The molecular weight excluding hydrogens is 430 g/mol. The van der Waals surface area contributed by atoms with Crippen LogP contribution >= 0.6 is 0 Å². The van der Waals surface area contributed by atoms with Crippen LogP contribution in [0.5, 0.6) is 11.5 Å². The minimum atomic E-state index is 0.401. The van der Waals surface area contributed by atoms with Gasteiger partial charge in [0.25, 0.3) is 0 Å². The number of anilines is 1. The lowest BCUT2D eigenvalue weighted by Crippen LogP contribution is -2.38. The Hall–Kier alpha value is -3.83. The Bertz CT molecular complexity index is 1160. The van der Waals surface area contributed by atoms with Crippen molar-refractivity contribution in [2.45, 2.75) is 19.8 Å². The van der Waals surface area contributed by atoms with E-state index in [9.17, 15) is 5.26 Å². The highest BCUT2D eigenvalue weighted by Crippen LogP contribution is 2.31. The predicted octanol–water partition coefficient (Wildman–Crippen LogP) is 4.36. The van der Waals surface area contributed by atoms with Gasteiger partial charge in [0.1, 0.15) is 6.07 Å². The Balaban J connectivity index is 1.73. The van der Waals surface area contributed by atoms with Crippen molar-refractivity contribution in [3.05, 3.63) is 59.9 Å². The highest BCUT2D eigenvalue weighted by atomic mass is 16.5. The normalized spacial score (nSPS) is 14.0. The zero-order valence-corrected chi connectivity index (χ0v) is 19.6. The maximum Gasteiger partial charge on any atom is 0.232 e. The molecule has 0 atom stereocenters. The number of allylic oxidation sites excluding steroid dienone is 1. The molecule has 0 bridgehead atoms. The first kappa shape index (κ1) is 23.3. The molecular formula is C26H29N5O3. The van der Waals surface area contributed by atoms with E-state index in [0.29, 0.717) is 61.8 Å². The van der Waals surface area contributed by atoms with Gasteiger partial charge in [-0.25, -0.2) is 0 Å². The number of morpholine rings is 1. The number of nitrogens with zero attached hydrogens (tertiary/aromatic N) is 5. The van der Waals surface area contributed by atoms with Gasteiger partial charge >= 0.3 is 0 Å². The van der Waals surface area contributed by atoms with Crippen LogP contribution in [-0.4, -0.2) is 54.8 Å². The number of aromatic nitrogens is 3. The molecule has 1 saturated heterocycles. The van der Waals surface area contributed by atoms with Crippen molar-refractivity contribution in [3.8, 4) is 23.3 Å². The summed E-state index contributed by atoms with van der Waals surface area (Å²) in [6.45, 7) is 5.45. The highest BCUT2D eigenvalue weighted by Gasteiger charge is 2.23. The first-order chi connectivity index (χ1) is 16.7. The fraction of sp³-hybridized carbons (Fsp3) is 0.346. The first-order valence-corrected chi connectivity index (χ1v) is 11.5. The van der Waals surface area contributed by atoms with Crippen LogP contribution in [0.25, 0.3) is 17.3 Å². The summed E-state index contributed by atoms with van der Waals surface area (Å²) in [6.07, 6.45) is 3.83. The molecule has 2 aromatic carbocycles. The number of hydrogen-bond donors (Lipinski definition) is 0. The van der Waals surface area contributed by atoms with Gasteiger partial charge in [-0.3, -0.25) is 4.57 Å². The summed E-state index contributed by atoms with van der Waals surface area (Å²) >= 11 is 0. The summed E-state index contributed by atoms with van der Waals surface area (Å²) in [5, 5.41) is 19.0. The third-order valence-corrected chi connectivity index (χ3v) is 5.57. The second-order valence-corrected chi connectivity index (χ2v) is 7.88. The van der Waals surface area contributed by atoms with Gasteiger partial charge in [-0.2, -0.15) is 5.26 Å². The largest absolute Gasteiger partial charge is 0.493 e. The summed E-state index contributed by atoms with van der Waals surface area (Å²) in [4.78, 5) is 2.13. The number of hydrogen-bond acceptors (Lipinski definition) is 7. The molecule has 4 rings (SSSR count). The molecule has 2 heterocycles. The van der Waals surface area contributed by atoms with Crippen LogP contribution in [0.15, 0.2) is 48.5 Å². The second kappa shape index (κ2) is 11.3. The molecule has 1 aromatic heterocycles. The van der Waals surface area contributed by atoms with E-state index in [1.165, 1.54) is 0 Å². The van der Waals surface area contributed by atoms with Crippen molar-refractivity contribution in [1.29, 1.82) is 5.26 Å². The summed E-state index contributed by atoms with van der Waals surface area (Å²) < 4.78 is 18.8. The maximum absolute atomic E-state index is 10.1. The molecule has 1 aliphatic heterocycles. The summed E-state index contributed by atoms with van der Waals surface area (Å²) in [7, 11) is 1.61. The van der Waals surface area contributed by atoms with Gasteiger partial charge in [-0.15, -0.1) is 10.2 Å². The molecule has 8 heteroatoms. The standard InChI is InChI=1S/C26H29N5O3/c1-3-4-14-34-23-11-10-20(18-24(23)32-2)17-21(19-27)25-28-29-26(30-12-15-33-16-13-30)31(25)22-8-6-5-7-9-22/h5-11,17-18H,3-4,12-16H2,1-2H3/b21-17+. The van der Waals surface area contributed by atoms with Gasteiger partial charge < -0.3 is 19.1 Å². The number of benzene rings is 2. The molecule has 3 aromatic rings. The third-order valence-electron chi connectivity index (χ3n) is 5.57. The van der Waals surface area contributed by atoms with Crippen LogP contribution in [0.4, 0.5) is 5.95 Å². The smallest absolute Gasteiger partial charge is 0.232 e. The van der Waals surface area contributed by atoms with Crippen molar-refractivity contribution in [3.63, 3.8) is 0 Å². The molecule has 1 fully saturated rings.